The Morgan fingerprint density at radius 3 is 1.12 bits per heavy atom. The monoisotopic (exact) mass is 2110 g/mol. The Kier molecular flexibility index (Phi) is 40.1. The van der Waals surface area contributed by atoms with Gasteiger partial charge in [0.15, 0.2) is 5.78 Å². The van der Waals surface area contributed by atoms with E-state index >= 15 is 0 Å². The summed E-state index contributed by atoms with van der Waals surface area (Å²) in [5.74, 6) is -0.302. The minimum Gasteiger partial charge on any atom is -0.466 e. The fraction of sp³-hybridized carbons (Fsp3) is 0.304. The lowest BCUT2D eigenvalue weighted by Gasteiger charge is -2.34. The van der Waals surface area contributed by atoms with Gasteiger partial charge in [-0.25, -0.2) is 55.3 Å². The van der Waals surface area contributed by atoms with Crippen molar-refractivity contribution < 1.29 is 102 Å². The van der Waals surface area contributed by atoms with Crippen molar-refractivity contribution in [1.29, 1.82) is 0 Å². The normalized spacial score (nSPS) is 16.4. The highest BCUT2D eigenvalue weighted by atomic mass is 32.2. The number of esters is 3. The lowest BCUT2D eigenvalue weighted by Crippen LogP contribution is -2.34. The van der Waals surface area contributed by atoms with E-state index in [1.165, 1.54) is 29.3 Å². The third-order valence-electron chi connectivity index (χ3n) is 25.9. The number of ketones is 1. The zero-order valence-corrected chi connectivity index (χ0v) is 86.5. The number of carbonyl (C=O) groups excluding carboxylic acids is 4. The molecule has 31 heteroatoms. The second kappa shape index (κ2) is 51.4. The van der Waals surface area contributed by atoms with E-state index in [-0.39, 0.29) is 109 Å². The summed E-state index contributed by atoms with van der Waals surface area (Å²) in [4.78, 5) is 50.6. The molecule has 12 aromatic carbocycles. The van der Waals surface area contributed by atoms with Crippen LogP contribution in [0.5, 0.6) is 0 Å². The highest BCUT2D eigenvalue weighted by Gasteiger charge is 2.39. The fourth-order valence-electron chi connectivity index (χ4n) is 18.8. The lowest BCUT2D eigenvalue weighted by atomic mass is 9.77. The number of aryl methyl sites for hydroxylation is 6. The minimum atomic E-state index is -3.61. The predicted octanol–water partition coefficient (Wildman–Crippen LogP) is 21.5. The molecule has 146 heavy (non-hydrogen) atoms. The summed E-state index contributed by atoms with van der Waals surface area (Å²) in [7, 11) is -24.6. The first-order valence-electron chi connectivity index (χ1n) is 48.2. The number of aliphatic hydroxyl groups is 1. The summed E-state index contributed by atoms with van der Waals surface area (Å²) in [6.45, 7) is 7.04. The Bertz CT molecular complexity index is 7540. The molecule has 0 saturated carbocycles. The van der Waals surface area contributed by atoms with Crippen LogP contribution in [-0.2, 0) is 146 Å². The van der Waals surface area contributed by atoms with E-state index in [4.69, 9.17) is 24.1 Å². The van der Waals surface area contributed by atoms with Crippen LogP contribution in [0, 0.1) is 0 Å². The van der Waals surface area contributed by atoms with Crippen LogP contribution in [0.3, 0.4) is 0 Å². The van der Waals surface area contributed by atoms with Gasteiger partial charge in [-0.3, -0.25) is 18.6 Å². The van der Waals surface area contributed by atoms with Gasteiger partial charge in [0.25, 0.3) is 10.1 Å². The zero-order valence-electron chi connectivity index (χ0n) is 80.8. The molecule has 0 heterocycles. The molecule has 0 radical (unpaired) electrons. The van der Waals surface area contributed by atoms with Crippen LogP contribution in [0.4, 0.5) is 0 Å². The lowest BCUT2D eigenvalue weighted by molar-refractivity contribution is -0.150. The van der Waals surface area contributed by atoms with Gasteiger partial charge < -0.3 is 25.1 Å². The Morgan fingerprint density at radius 1 is 0.370 bits per heavy atom. The van der Waals surface area contributed by atoms with E-state index in [9.17, 15) is 83.2 Å². The van der Waals surface area contributed by atoms with Crippen molar-refractivity contribution in [3.63, 3.8) is 0 Å². The molecule has 3 atom stereocenters. The van der Waals surface area contributed by atoms with Crippen molar-refractivity contribution >= 4 is 104 Å². The van der Waals surface area contributed by atoms with E-state index in [1.807, 2.05) is 30.3 Å². The van der Waals surface area contributed by atoms with Crippen LogP contribution in [0.1, 0.15) is 215 Å². The predicted molar refractivity (Wildman–Crippen MR) is 564 cm³/mol. The second-order valence-corrected chi connectivity index (χ2v) is 49.0. The van der Waals surface area contributed by atoms with E-state index in [0.717, 1.165) is 152 Å². The number of carbonyl (C=O) groups is 4. The summed E-state index contributed by atoms with van der Waals surface area (Å²) in [5.41, 5.74) is 17.5. The number of rotatable bonds is 26. The molecular formula is C115H127NO23S7. The Morgan fingerprint density at radius 2 is 0.712 bits per heavy atom. The van der Waals surface area contributed by atoms with Gasteiger partial charge in [0.2, 0.25) is 59.0 Å². The molecule has 6 aliphatic carbocycles. The summed E-state index contributed by atoms with van der Waals surface area (Å²) in [6.07, 6.45) is 20.1. The topological polar surface area (TPSA) is 390 Å². The van der Waals surface area contributed by atoms with Crippen LogP contribution < -0.4 is 5.73 Å². The molecule has 24 nitrogen and oxygen atoms in total. The average Bonchev–Trinajstić information content (AvgIpc) is 0.759. The maximum absolute atomic E-state index is 12.8. The van der Waals surface area contributed by atoms with E-state index in [1.54, 1.807) is 276 Å². The third kappa shape index (κ3) is 28.6. The Balaban J connectivity index is 0.000000167. The van der Waals surface area contributed by atoms with Crippen molar-refractivity contribution in [3.05, 3.63) is 370 Å². The molecular weight excluding hydrogens is 1990 g/mol. The van der Waals surface area contributed by atoms with Gasteiger partial charge in [-0.05, 0) is 379 Å². The quantitative estimate of drug-likeness (QED) is 0.0220. The van der Waals surface area contributed by atoms with Crippen molar-refractivity contribution in [2.24, 2.45) is 5.73 Å². The van der Waals surface area contributed by atoms with Crippen LogP contribution in [0.2, 0.25) is 0 Å². The molecule has 0 fully saturated rings. The molecule has 12 aromatic rings. The van der Waals surface area contributed by atoms with Crippen molar-refractivity contribution in [2.75, 3.05) is 39.2 Å². The molecule has 0 aromatic heterocycles. The molecule has 0 aliphatic heterocycles. The van der Waals surface area contributed by atoms with E-state index < -0.39 is 80.7 Å². The van der Waals surface area contributed by atoms with Crippen molar-refractivity contribution in [3.8, 4) is 0 Å². The highest BCUT2D eigenvalue weighted by Crippen LogP contribution is 2.43. The first-order chi connectivity index (χ1) is 68.9. The van der Waals surface area contributed by atoms with Gasteiger partial charge in [0, 0.05) is 18.1 Å². The summed E-state index contributed by atoms with van der Waals surface area (Å²) >= 11 is 0. The third-order valence-corrected chi connectivity index (χ3v) is 37.1. The number of benzene rings is 12. The van der Waals surface area contributed by atoms with E-state index in [0.29, 0.717) is 83.6 Å². The number of fused-ring (bicyclic) bond motifs is 6. The number of ether oxygens (including phenoxy) is 3. The van der Waals surface area contributed by atoms with E-state index in [2.05, 4.69) is 0 Å². The number of Topliss-reactive ketones (excluding diaryl/α,β-unsaturated/α-hetero) is 1. The fourth-order valence-corrected chi connectivity index (χ4v) is 27.2. The molecule has 3 unspecified atom stereocenters. The van der Waals surface area contributed by atoms with Gasteiger partial charge in [0.1, 0.15) is 5.60 Å². The zero-order chi connectivity index (χ0) is 103. The molecule has 0 amide bonds. The first kappa shape index (κ1) is 114. The molecule has 0 saturated heterocycles. The van der Waals surface area contributed by atoms with Crippen LogP contribution in [0.15, 0.2) is 362 Å². The van der Waals surface area contributed by atoms with Crippen molar-refractivity contribution in [1.82, 2.24) is 0 Å². The maximum Gasteiger partial charge on any atom is 0.331 e. The largest absolute Gasteiger partial charge is 0.466 e. The average molecular weight is 2120 g/mol. The van der Waals surface area contributed by atoms with Gasteiger partial charge in [-0.2, -0.15) is 8.42 Å². The Hall–Kier alpha value is -12.3. The van der Waals surface area contributed by atoms with Crippen LogP contribution >= 0.6 is 0 Å². The number of sulfone groups is 6. The summed E-state index contributed by atoms with van der Waals surface area (Å²) in [6, 6.07) is 81.2. The molecule has 0 bridgehead atoms. The van der Waals surface area contributed by atoms with Crippen LogP contribution in [0.25, 0.3) is 11.1 Å². The molecule has 3 N–H and O–H groups in total. The molecule has 0 spiro atoms. The number of nitrogens with two attached hydrogens (primary N) is 1. The minimum absolute atomic E-state index is 0. The van der Waals surface area contributed by atoms with Gasteiger partial charge in [-0.1, -0.05) is 160 Å². The number of allylic oxidation sites excluding steroid dienone is 2. The molecule has 6 aliphatic rings. The smallest absolute Gasteiger partial charge is 0.331 e. The van der Waals surface area contributed by atoms with Crippen LogP contribution in [-0.4, -0.2) is 127 Å². The highest BCUT2D eigenvalue weighted by molar-refractivity contribution is 7.93. The van der Waals surface area contributed by atoms with Gasteiger partial charge >= 0.3 is 17.9 Å². The maximum atomic E-state index is 12.8. The Labute approximate surface area is 860 Å². The number of hydrogen-bond acceptors (Lipinski definition) is 24. The SMILES string of the molecule is C.C.CCOC(=O)/C=C1\CCCc2cc(S(=O)(=O)c3ccccc3)ccc21.CCOC(=O)CC1(O)CCCc2cc(S(=O)(=O)c3ccccc3)ccc21.CCOC(=O)CC1=CCCc2cc(S(=O)(=O)c3ccccc3)ccc21.CS(=O)(=O)OCCC1CCCc2cc(S(=O)(=O)c3ccccc3)ccc21.NCCC1CCCc2cc(S(=O)(=O)c3ccccc3)ccc21.O=C1CCCc2cc(S(=O)(=O)c3ccccc3)ccc21. The van der Waals surface area contributed by atoms with Crippen molar-refractivity contribution in [2.45, 2.75) is 247 Å². The molecule has 772 valence electrons. The second-order valence-electron chi connectivity index (χ2n) is 35.6. The van der Waals surface area contributed by atoms with Gasteiger partial charge in [-0.15, -0.1) is 0 Å². The molecule has 18 rings (SSSR count). The summed E-state index contributed by atoms with van der Waals surface area (Å²) < 4.78 is 195. The summed E-state index contributed by atoms with van der Waals surface area (Å²) in [5, 5.41) is 11.0. The standard InChI is InChI=1S/C20H22O5S.2C20H20O4S.C19H22O5S2.C18H21NO2S.C16H14O3S.2CH4/c1-2-25-19(21)14-20(22)12-6-7-15-13-17(10-11-18(15)20)26(23,24)16-8-4-3-5-9-16;2*1-2-24-20(21)14-16-8-6-7-15-13-18(11-12-19(15)16)25(22,23)17-9-4-3-5-10-17;1-25(20,21)24-13-12-15-6-5-7-16-14-18(10-11-19(15)16)26(22,23)17-8-3-2-4-9-17;19-12-11-14-5-4-6-15-13-17(9-10-18(14)15)22(20,21)16-7-2-1-3-8-16;17-16-8-4-5-12-11-14(9-10-15(12)16)20(18,19)13-6-2-1-3-7-13;;/h3-5,8-11,13,22H,2,6-7,12,14H2,1H3;3-5,9-14H,2,6-8H2,1H3;3-5,8-13H,2,6-7,14H2,1H3;2-4,8-11,14-15H,5-7,12-13H2,1H3;1-3,7-10,13-14H,4-6,11-12,19H2;1-3,6-7,9-11H,4-5,8H2;2*1H4/b;16-14+;;;;;;. The number of hydrogen-bond donors (Lipinski definition) is 2. The van der Waals surface area contributed by atoms with Gasteiger partial charge in [0.05, 0.1) is 104 Å². The first-order valence-corrected chi connectivity index (χ1v) is 58.9.